The summed E-state index contributed by atoms with van der Waals surface area (Å²) in [7, 11) is 1.42. The van der Waals surface area contributed by atoms with E-state index >= 15 is 0 Å². The molecule has 0 aromatic rings. The number of ether oxygens (including phenoxy) is 3. The highest BCUT2D eigenvalue weighted by Gasteiger charge is 2.46. The molecule has 13 atom stereocenters. The quantitative estimate of drug-likeness (QED) is 0.0446. The maximum absolute atomic E-state index is 10.6. The molecule has 0 aromatic heterocycles. The van der Waals surface area contributed by atoms with Gasteiger partial charge in [0.05, 0.1) is 24.8 Å². The maximum Gasteiger partial charge on any atom is 0.202 e. The second-order valence-electron chi connectivity index (χ2n) is 10.5. The van der Waals surface area contributed by atoms with Gasteiger partial charge < -0.3 is 88.6 Å². The van der Waals surface area contributed by atoms with E-state index in [1.54, 1.807) is 0 Å². The first-order valence-corrected chi connectivity index (χ1v) is 13.8. The molecule has 17 heteroatoms. The molecule has 2 fully saturated rings. The molecule has 17 nitrogen and oxygen atoms in total. The number of rotatable bonds is 16. The number of aliphatic hydroxyl groups excluding tert-OH is 8. The molecule has 0 radical (unpaired) electrons. The van der Waals surface area contributed by atoms with E-state index in [4.69, 9.17) is 37.1 Å². The molecule has 242 valence electrons. The van der Waals surface area contributed by atoms with E-state index in [1.807, 2.05) is 0 Å². The maximum atomic E-state index is 10.6. The fourth-order valence-electron chi connectivity index (χ4n) is 4.94. The van der Waals surface area contributed by atoms with Crippen LogP contribution in [0, 0.1) is 0 Å². The van der Waals surface area contributed by atoms with Crippen LogP contribution >= 0.6 is 0 Å². The standard InChI is InChI=1S/C24H50N6O11/c1-29-15(23(38)41-24-20(36)18(34)16(14(9-31)39-24)30-7-3-6-25)13(32)5-2-4-10(26)22(37)40-21-12(28)8-11(27)17(33)19(21)35/h10-12,14,16-24,29-38H,2-9,25-28H2,1H3/b15-13+/t10?,11-,12?,14?,16-,17?,18?,19?,20?,21-,22-,23?,24-/m1/s1. The average molecular weight is 599 g/mol. The molecular formula is C24H50N6O11. The Labute approximate surface area is 239 Å². The first-order valence-electron chi connectivity index (χ1n) is 13.8. The molecule has 0 bridgehead atoms. The van der Waals surface area contributed by atoms with Gasteiger partial charge in [-0.2, -0.15) is 0 Å². The first-order chi connectivity index (χ1) is 19.4. The molecular weight excluding hydrogens is 548 g/mol. The van der Waals surface area contributed by atoms with Gasteiger partial charge >= 0.3 is 0 Å². The van der Waals surface area contributed by atoms with Gasteiger partial charge in [0.1, 0.15) is 42.0 Å². The summed E-state index contributed by atoms with van der Waals surface area (Å²) in [4.78, 5) is 0. The van der Waals surface area contributed by atoms with Crippen LogP contribution in [0.25, 0.3) is 0 Å². The van der Waals surface area contributed by atoms with E-state index in [0.29, 0.717) is 19.5 Å². The zero-order chi connectivity index (χ0) is 30.9. The normalized spacial score (nSPS) is 37.3. The minimum Gasteiger partial charge on any atom is -0.510 e. The van der Waals surface area contributed by atoms with Crippen LogP contribution in [0.15, 0.2) is 11.5 Å². The summed E-state index contributed by atoms with van der Waals surface area (Å²) in [6.07, 6.45) is -11.4. The van der Waals surface area contributed by atoms with E-state index in [9.17, 15) is 40.9 Å². The molecule has 1 aliphatic heterocycles. The molecule has 2 aliphatic rings. The van der Waals surface area contributed by atoms with Crippen LogP contribution in [-0.2, 0) is 14.2 Å². The van der Waals surface area contributed by atoms with Crippen LogP contribution in [0.3, 0.4) is 0 Å². The smallest absolute Gasteiger partial charge is 0.202 e. The van der Waals surface area contributed by atoms with E-state index in [2.05, 4.69) is 10.6 Å². The molecule has 0 aromatic carbocycles. The lowest BCUT2D eigenvalue weighted by Crippen LogP contribution is -2.64. The minimum absolute atomic E-state index is 0.0146. The molecule has 41 heavy (non-hydrogen) atoms. The lowest BCUT2D eigenvalue weighted by Gasteiger charge is -2.43. The Bertz CT molecular complexity index is 799. The van der Waals surface area contributed by atoms with Crippen molar-refractivity contribution in [1.29, 1.82) is 0 Å². The van der Waals surface area contributed by atoms with Crippen molar-refractivity contribution in [3.05, 3.63) is 11.5 Å². The van der Waals surface area contributed by atoms with Gasteiger partial charge in [-0.25, -0.2) is 0 Å². The first kappa shape index (κ1) is 35.9. The number of hydrogen-bond donors (Lipinski definition) is 14. The third-order valence-electron chi connectivity index (χ3n) is 7.44. The number of likely N-dealkylation sites (N-methyl/N-ethyl adjacent to an activating group) is 1. The van der Waals surface area contributed by atoms with Crippen molar-refractivity contribution >= 4 is 0 Å². The lowest BCUT2D eigenvalue weighted by atomic mass is 9.84. The van der Waals surface area contributed by atoms with E-state index in [0.717, 1.165) is 0 Å². The molecule has 2 rings (SSSR count). The van der Waals surface area contributed by atoms with Crippen LogP contribution < -0.4 is 33.6 Å². The van der Waals surface area contributed by atoms with Gasteiger partial charge in [-0.1, -0.05) is 0 Å². The number of allylic oxidation sites excluding steroid dienone is 1. The Kier molecular flexibility index (Phi) is 15.0. The number of nitrogens with one attached hydrogen (secondary N) is 2. The summed E-state index contributed by atoms with van der Waals surface area (Å²) in [5.74, 6) is -0.310. The second-order valence-corrected chi connectivity index (χ2v) is 10.5. The van der Waals surface area contributed by atoms with Crippen molar-refractivity contribution in [2.24, 2.45) is 22.9 Å². The van der Waals surface area contributed by atoms with Crippen LogP contribution in [0.1, 0.15) is 32.1 Å². The Morgan fingerprint density at radius 2 is 1.68 bits per heavy atom. The molecule has 1 aliphatic carbocycles. The van der Waals surface area contributed by atoms with Gasteiger partial charge in [0.15, 0.2) is 12.6 Å². The van der Waals surface area contributed by atoms with E-state index in [1.165, 1.54) is 7.05 Å². The highest BCUT2D eigenvalue weighted by atomic mass is 16.7. The number of nitrogens with two attached hydrogens (primary N) is 4. The Morgan fingerprint density at radius 3 is 2.29 bits per heavy atom. The molecule has 1 saturated heterocycles. The Hall–Kier alpha value is -1.26. The topological polar surface area (TPSA) is 318 Å². The van der Waals surface area contributed by atoms with Gasteiger partial charge in [0.25, 0.3) is 0 Å². The molecule has 1 heterocycles. The summed E-state index contributed by atoms with van der Waals surface area (Å²) < 4.78 is 16.4. The van der Waals surface area contributed by atoms with Crippen molar-refractivity contribution < 1.29 is 55.1 Å². The van der Waals surface area contributed by atoms with Crippen LogP contribution in [-0.4, -0.2) is 147 Å². The van der Waals surface area contributed by atoms with Crippen molar-refractivity contribution in [2.75, 3.05) is 26.7 Å². The molecule has 0 spiro atoms. The van der Waals surface area contributed by atoms with Crippen LogP contribution in [0.2, 0.25) is 0 Å². The summed E-state index contributed by atoms with van der Waals surface area (Å²) in [6.45, 7) is 0.319. The SMILES string of the molecule is CN/C(=C(/O)CCCC(N)[C@H](O)O[C@@H]1C(N)C[C@@H](N)C(O)C1O)C(O)O[C@H]1OC(CO)[C@@H](NCCCN)C(O)C1O. The fourth-order valence-corrected chi connectivity index (χ4v) is 4.94. The van der Waals surface area contributed by atoms with Crippen LogP contribution in [0.4, 0.5) is 0 Å². The molecule has 1 saturated carbocycles. The zero-order valence-corrected chi connectivity index (χ0v) is 23.3. The van der Waals surface area contributed by atoms with Gasteiger partial charge in [0.2, 0.25) is 6.29 Å². The predicted octanol–water partition coefficient (Wildman–Crippen LogP) is -5.96. The predicted molar refractivity (Wildman–Crippen MR) is 144 cm³/mol. The molecule has 8 unspecified atom stereocenters. The fraction of sp³-hybridized carbons (Fsp3) is 0.917. The third-order valence-corrected chi connectivity index (χ3v) is 7.44. The van der Waals surface area contributed by atoms with Crippen molar-refractivity contribution in [3.63, 3.8) is 0 Å². The Balaban J connectivity index is 1.91. The lowest BCUT2D eigenvalue weighted by molar-refractivity contribution is -0.311. The molecule has 0 amide bonds. The van der Waals surface area contributed by atoms with Gasteiger partial charge in [-0.3, -0.25) is 0 Å². The Morgan fingerprint density at radius 1 is 1.00 bits per heavy atom. The summed E-state index contributed by atoms with van der Waals surface area (Å²) in [6, 6.07) is -3.20. The van der Waals surface area contributed by atoms with E-state index in [-0.39, 0.29) is 37.1 Å². The van der Waals surface area contributed by atoms with Crippen molar-refractivity contribution in [1.82, 2.24) is 10.6 Å². The van der Waals surface area contributed by atoms with Gasteiger partial charge in [-0.15, -0.1) is 0 Å². The summed E-state index contributed by atoms with van der Waals surface area (Å²) in [5, 5.41) is 88.0. The highest BCUT2D eigenvalue weighted by molar-refractivity contribution is 5.08. The van der Waals surface area contributed by atoms with Crippen molar-refractivity contribution in [2.45, 2.75) is 112 Å². The number of aliphatic hydroxyl groups is 8. The largest absolute Gasteiger partial charge is 0.510 e. The molecule has 18 N–H and O–H groups in total. The summed E-state index contributed by atoms with van der Waals surface area (Å²) in [5.41, 5.74) is 23.0. The summed E-state index contributed by atoms with van der Waals surface area (Å²) >= 11 is 0. The zero-order valence-electron chi connectivity index (χ0n) is 23.3. The third kappa shape index (κ3) is 9.62. The average Bonchev–Trinajstić information content (AvgIpc) is 2.93. The van der Waals surface area contributed by atoms with Gasteiger partial charge in [0, 0.05) is 25.6 Å². The van der Waals surface area contributed by atoms with Crippen molar-refractivity contribution in [3.8, 4) is 0 Å². The van der Waals surface area contributed by atoms with Gasteiger partial charge in [-0.05, 0) is 38.8 Å². The second kappa shape index (κ2) is 17.1. The van der Waals surface area contributed by atoms with E-state index < -0.39 is 86.3 Å². The minimum atomic E-state index is -1.80. The number of hydrogen-bond acceptors (Lipinski definition) is 17. The highest BCUT2D eigenvalue weighted by Crippen LogP contribution is 2.25. The van der Waals surface area contributed by atoms with Crippen LogP contribution in [0.5, 0.6) is 0 Å². The monoisotopic (exact) mass is 598 g/mol.